The normalized spacial score (nSPS) is 21.9. The third kappa shape index (κ3) is 5.37. The molecular weight excluding hydrogens is 517 g/mol. The average Bonchev–Trinajstić information content (AvgIpc) is 3.13. The number of nitrogen functional groups attached to an aromatic ring is 1. The molecule has 3 aromatic rings. The Kier molecular flexibility index (Phi) is 5.94. The first-order chi connectivity index (χ1) is 17.3. The molecule has 1 amide bonds. The number of carbonyl (C=O) groups is 1. The van der Waals surface area contributed by atoms with Crippen molar-refractivity contribution < 1.29 is 29.0 Å². The number of fused-ring (bicyclic) bond motifs is 1. The molecule has 2 aliphatic heterocycles. The third-order valence-corrected chi connectivity index (χ3v) is 8.35. The van der Waals surface area contributed by atoms with Crippen molar-refractivity contribution in [2.45, 2.75) is 48.8 Å². The molecular formula is C24H28F5N5O2S. The maximum absolute atomic E-state index is 13.1. The summed E-state index contributed by atoms with van der Waals surface area (Å²) in [5.74, 6) is 0.720. The fraction of sp³-hybridized carbons (Fsp3) is 0.458. The van der Waals surface area contributed by atoms with Crippen LogP contribution in [0.5, 0.6) is 0 Å². The van der Waals surface area contributed by atoms with Gasteiger partial charge < -0.3 is 20.4 Å². The van der Waals surface area contributed by atoms with E-state index in [1.807, 2.05) is 6.07 Å². The predicted octanol–water partition coefficient (Wildman–Crippen LogP) is 6.50. The van der Waals surface area contributed by atoms with Crippen molar-refractivity contribution in [2.24, 2.45) is 0 Å². The molecule has 0 bridgehead atoms. The lowest BCUT2D eigenvalue weighted by Gasteiger charge is -2.40. The van der Waals surface area contributed by atoms with Gasteiger partial charge in [0.2, 0.25) is 0 Å². The van der Waals surface area contributed by atoms with E-state index in [-0.39, 0.29) is 29.5 Å². The van der Waals surface area contributed by atoms with E-state index in [0.717, 1.165) is 42.2 Å². The lowest BCUT2D eigenvalue weighted by Crippen LogP contribution is -2.32. The molecule has 3 N–H and O–H groups in total. The topological polar surface area (TPSA) is 97.1 Å². The van der Waals surface area contributed by atoms with Crippen LogP contribution in [0.4, 0.5) is 25.1 Å². The summed E-state index contributed by atoms with van der Waals surface area (Å²) in [6.45, 7) is 2.11. The minimum Gasteiger partial charge on any atom is -0.398 e. The van der Waals surface area contributed by atoms with Crippen molar-refractivity contribution in [2.75, 3.05) is 32.0 Å². The van der Waals surface area contributed by atoms with Crippen LogP contribution in [0.25, 0.3) is 11.2 Å². The molecule has 13 heteroatoms. The van der Waals surface area contributed by atoms with Crippen LogP contribution in [0, 0.1) is 0 Å². The number of imidazole rings is 1. The number of nitrogens with one attached hydrogen (secondary N) is 1. The number of halogens is 5. The minimum absolute atomic E-state index is 0.110. The zero-order chi connectivity index (χ0) is 26.5. The molecule has 2 saturated heterocycles. The number of carbonyl (C=O) groups excluding carboxylic acids is 1. The second-order valence-electron chi connectivity index (χ2n) is 9.75. The Bertz CT molecular complexity index is 1340. The quantitative estimate of drug-likeness (QED) is 0.288. The third-order valence-electron chi connectivity index (χ3n) is 7.20. The number of aromatic nitrogens is 3. The number of anilines is 1. The molecule has 0 radical (unpaired) electrons. The Hall–Kier alpha value is -2.93. The second kappa shape index (κ2) is 8.55. The number of likely N-dealkylation sites (tertiary alicyclic amines) is 1. The first kappa shape index (κ1) is 25.7. The Morgan fingerprint density at radius 1 is 1.03 bits per heavy atom. The van der Waals surface area contributed by atoms with Crippen LogP contribution in [0.2, 0.25) is 0 Å². The Labute approximate surface area is 210 Å². The molecule has 37 heavy (non-hydrogen) atoms. The van der Waals surface area contributed by atoms with E-state index in [0.29, 0.717) is 44.8 Å². The van der Waals surface area contributed by atoms with Crippen LogP contribution >= 0.6 is 10.2 Å². The minimum atomic E-state index is -9.89. The van der Waals surface area contributed by atoms with Crippen LogP contribution in [-0.2, 0) is 4.74 Å². The van der Waals surface area contributed by atoms with Crippen molar-refractivity contribution in [1.29, 1.82) is 0 Å². The number of rotatable bonds is 4. The highest BCUT2D eigenvalue weighted by Crippen LogP contribution is 3.02. The molecule has 202 valence electrons. The van der Waals surface area contributed by atoms with Crippen LogP contribution in [0.3, 0.4) is 0 Å². The number of ether oxygens (including phenoxy) is 1. The van der Waals surface area contributed by atoms with Crippen molar-refractivity contribution in [3.05, 3.63) is 47.4 Å². The molecule has 2 aliphatic rings. The largest absolute Gasteiger partial charge is 0.398 e. The molecule has 7 nitrogen and oxygen atoms in total. The summed E-state index contributed by atoms with van der Waals surface area (Å²) in [5, 5.41) is 0. The summed E-state index contributed by atoms with van der Waals surface area (Å²) in [6, 6.07) is 3.07. The van der Waals surface area contributed by atoms with Gasteiger partial charge in [0.05, 0.1) is 11.1 Å². The lowest BCUT2D eigenvalue weighted by molar-refractivity contribution is 0.0762. The zero-order valence-electron chi connectivity index (χ0n) is 19.9. The van der Waals surface area contributed by atoms with Crippen LogP contribution in [-0.4, -0.2) is 52.1 Å². The molecule has 2 aromatic heterocycles. The van der Waals surface area contributed by atoms with Crippen molar-refractivity contribution >= 4 is 33.0 Å². The predicted molar refractivity (Wildman–Crippen MR) is 131 cm³/mol. The number of pyridine rings is 1. The molecule has 0 unspecified atom stereocenters. The molecule has 0 spiro atoms. The smallest absolute Gasteiger partial charge is 0.310 e. The Balaban J connectivity index is 1.33. The summed E-state index contributed by atoms with van der Waals surface area (Å²) in [6.07, 6.45) is 5.56. The first-order valence-electron chi connectivity index (χ1n) is 12.2. The molecule has 2 fully saturated rings. The standard InChI is InChI=1S/C24H28F5N5O2S/c25-37(26,27,28,29)17-3-4-19(20(30)14-17)24(35)34-10-1-2-15(6-11-34)18-5-9-31-23-21(18)32-22(33-23)16-7-12-36-13-8-16/h3-5,9,14-16H,1-2,6-8,10-13,30H2,(H,31,32,33)/t15-/m1/s1. The van der Waals surface area contributed by atoms with E-state index in [1.54, 1.807) is 6.20 Å². The lowest BCUT2D eigenvalue weighted by atomic mass is 9.92. The molecule has 1 aromatic carbocycles. The molecule has 0 aliphatic carbocycles. The summed E-state index contributed by atoms with van der Waals surface area (Å²) in [5.41, 5.74) is 7.39. The average molecular weight is 546 g/mol. The van der Waals surface area contributed by atoms with Gasteiger partial charge in [-0.15, -0.1) is 0 Å². The highest BCUT2D eigenvalue weighted by atomic mass is 32.5. The van der Waals surface area contributed by atoms with E-state index in [2.05, 4.69) is 9.97 Å². The number of nitrogens with zero attached hydrogens (tertiary/aromatic N) is 3. The van der Waals surface area contributed by atoms with Crippen molar-refractivity contribution in [3.63, 3.8) is 0 Å². The number of benzene rings is 1. The number of aromatic amines is 1. The number of amides is 1. The maximum Gasteiger partial charge on any atom is 0.310 e. The fourth-order valence-corrected chi connectivity index (χ4v) is 5.88. The van der Waals surface area contributed by atoms with E-state index >= 15 is 0 Å². The van der Waals surface area contributed by atoms with Gasteiger partial charge in [0, 0.05) is 44.1 Å². The van der Waals surface area contributed by atoms with Gasteiger partial charge in [-0.05, 0) is 67.9 Å². The van der Waals surface area contributed by atoms with Gasteiger partial charge in [-0.2, -0.15) is 0 Å². The van der Waals surface area contributed by atoms with Gasteiger partial charge in [-0.1, -0.05) is 19.4 Å². The molecule has 0 saturated carbocycles. The molecule has 1 atom stereocenters. The van der Waals surface area contributed by atoms with Gasteiger partial charge in [0.15, 0.2) is 5.65 Å². The summed E-state index contributed by atoms with van der Waals surface area (Å²) >= 11 is 0. The number of H-pyrrole nitrogens is 1. The van der Waals surface area contributed by atoms with Crippen molar-refractivity contribution in [3.8, 4) is 0 Å². The molecule has 5 rings (SSSR count). The SMILES string of the molecule is Nc1cc(S(F)(F)(F)(F)F)ccc1C(=O)N1CCC[C@@H](c2ccnc3nc(C4CCOCC4)[nH]c23)CC1. The highest BCUT2D eigenvalue weighted by Gasteiger charge is 2.65. The first-order valence-corrected chi connectivity index (χ1v) is 14.1. The zero-order valence-corrected chi connectivity index (χ0v) is 20.8. The maximum atomic E-state index is 13.1. The van der Waals surface area contributed by atoms with Gasteiger partial charge >= 0.3 is 10.2 Å². The number of hydrogen-bond acceptors (Lipinski definition) is 5. The van der Waals surface area contributed by atoms with Gasteiger partial charge in [0.25, 0.3) is 5.91 Å². The van der Waals surface area contributed by atoms with Crippen molar-refractivity contribution in [1.82, 2.24) is 19.9 Å². The van der Waals surface area contributed by atoms with Gasteiger partial charge in [0.1, 0.15) is 10.7 Å². The van der Waals surface area contributed by atoms with Crippen LogP contribution < -0.4 is 5.73 Å². The van der Waals surface area contributed by atoms with E-state index < -0.39 is 26.7 Å². The summed E-state index contributed by atoms with van der Waals surface area (Å²) < 4.78 is 71.1. The van der Waals surface area contributed by atoms with E-state index in [1.165, 1.54) is 4.90 Å². The van der Waals surface area contributed by atoms with Crippen LogP contribution in [0.1, 0.15) is 65.7 Å². The fourth-order valence-electron chi connectivity index (χ4n) is 5.21. The second-order valence-corrected chi connectivity index (χ2v) is 12.2. The monoisotopic (exact) mass is 545 g/mol. The van der Waals surface area contributed by atoms with Gasteiger partial charge in [-0.25, -0.2) is 9.97 Å². The number of hydrogen-bond donors (Lipinski definition) is 2. The van der Waals surface area contributed by atoms with E-state index in [4.69, 9.17) is 15.5 Å². The highest BCUT2D eigenvalue weighted by molar-refractivity contribution is 8.45. The van der Waals surface area contributed by atoms with E-state index in [9.17, 15) is 24.2 Å². The Morgan fingerprint density at radius 3 is 2.49 bits per heavy atom. The summed E-state index contributed by atoms with van der Waals surface area (Å²) in [4.78, 5) is 25.1. The summed E-state index contributed by atoms with van der Waals surface area (Å²) in [7, 11) is -9.89. The van der Waals surface area contributed by atoms with Gasteiger partial charge in [-0.3, -0.25) is 4.79 Å². The molecule has 4 heterocycles. The van der Waals surface area contributed by atoms with Crippen LogP contribution in [0.15, 0.2) is 35.4 Å². The Morgan fingerprint density at radius 2 is 1.78 bits per heavy atom. The number of nitrogens with two attached hydrogens (primary N) is 1.